The van der Waals surface area contributed by atoms with Crippen molar-refractivity contribution in [1.29, 1.82) is 0 Å². The number of hydrogen-bond acceptors (Lipinski definition) is 6. The maximum absolute atomic E-state index is 13.0. The molecule has 2 amide bonds. The molecular weight excluding hydrogens is 542 g/mol. The molecule has 0 radical (unpaired) electrons. The van der Waals surface area contributed by atoms with Crippen LogP contribution in [0.5, 0.6) is 5.75 Å². The molecule has 1 saturated carbocycles. The molecule has 0 atom stereocenters. The quantitative estimate of drug-likeness (QED) is 0.316. The highest BCUT2D eigenvalue weighted by molar-refractivity contribution is 7.90. The lowest BCUT2D eigenvalue weighted by atomic mass is 9.93. The molecule has 41 heavy (non-hydrogen) atoms. The van der Waals surface area contributed by atoms with Crippen LogP contribution in [0.25, 0.3) is 10.9 Å². The Morgan fingerprint density at radius 3 is 2.46 bits per heavy atom. The number of aromatic nitrogens is 1. The van der Waals surface area contributed by atoms with Gasteiger partial charge in [0.05, 0.1) is 12.0 Å². The maximum Gasteiger partial charge on any atom is 0.265 e. The Morgan fingerprint density at radius 1 is 1.05 bits per heavy atom. The number of ether oxygens (including phenoxy) is 1. The van der Waals surface area contributed by atoms with E-state index >= 15 is 0 Å². The average Bonchev–Trinajstić information content (AvgIpc) is 3.55. The predicted molar refractivity (Wildman–Crippen MR) is 155 cm³/mol. The van der Waals surface area contributed by atoms with E-state index in [9.17, 15) is 23.1 Å². The second-order valence-electron chi connectivity index (χ2n) is 10.5. The minimum Gasteiger partial charge on any atom is -0.530 e. The van der Waals surface area contributed by atoms with Crippen LogP contribution < -0.4 is 19.9 Å². The van der Waals surface area contributed by atoms with E-state index in [0.29, 0.717) is 29.3 Å². The van der Waals surface area contributed by atoms with Crippen molar-refractivity contribution in [2.24, 2.45) is 7.05 Å². The molecule has 1 aliphatic rings. The van der Waals surface area contributed by atoms with Gasteiger partial charge in [0, 0.05) is 41.3 Å². The molecule has 0 bridgehead atoms. The van der Waals surface area contributed by atoms with Gasteiger partial charge >= 0.3 is 0 Å². The summed E-state index contributed by atoms with van der Waals surface area (Å²) in [7, 11) is -0.521. The van der Waals surface area contributed by atoms with Crippen LogP contribution >= 0.6 is 0 Å². The van der Waals surface area contributed by atoms with Crippen molar-refractivity contribution in [2.75, 3.05) is 12.4 Å². The molecule has 9 nitrogen and oxygen atoms in total. The van der Waals surface area contributed by atoms with Gasteiger partial charge in [0.15, 0.2) is 0 Å². The fraction of sp³-hybridized carbons (Fsp3) is 0.290. The summed E-state index contributed by atoms with van der Waals surface area (Å²) in [6, 6.07) is 16.8. The summed E-state index contributed by atoms with van der Waals surface area (Å²) >= 11 is 0. The number of nitrogens with one attached hydrogen (secondary N) is 2. The number of methoxy groups -OCH3 is 1. The lowest BCUT2D eigenvalue weighted by molar-refractivity contribution is -0.242. The highest BCUT2D eigenvalue weighted by Gasteiger charge is 2.27. The SMILES string of the molecule is COc1cc(C(=O)NS(=O)(=O)c2ccccc2C)ccc1Cc1c(C2CCCC2)n(C)c2ccc(NC(=O)[O-])cc12. The van der Waals surface area contributed by atoms with Crippen LogP contribution in [0, 0.1) is 6.92 Å². The van der Waals surface area contributed by atoms with E-state index in [0.717, 1.165) is 47.7 Å². The molecule has 0 spiro atoms. The Morgan fingerprint density at radius 2 is 1.78 bits per heavy atom. The number of sulfonamides is 1. The number of amides is 2. The molecule has 1 heterocycles. The van der Waals surface area contributed by atoms with Gasteiger partial charge in [-0.2, -0.15) is 0 Å². The topological polar surface area (TPSA) is 130 Å². The van der Waals surface area contributed by atoms with E-state index in [1.54, 1.807) is 49.4 Å². The molecule has 4 aromatic rings. The van der Waals surface area contributed by atoms with Gasteiger partial charge in [-0.05, 0) is 78.8 Å². The van der Waals surface area contributed by atoms with E-state index in [1.165, 1.54) is 18.9 Å². The number of aryl methyl sites for hydroxylation is 2. The molecule has 0 unspecified atom stereocenters. The van der Waals surface area contributed by atoms with E-state index in [1.807, 2.05) is 19.2 Å². The van der Waals surface area contributed by atoms with Gasteiger partial charge in [0.25, 0.3) is 15.9 Å². The summed E-state index contributed by atoms with van der Waals surface area (Å²) in [5.74, 6) is 0.0693. The fourth-order valence-electron chi connectivity index (χ4n) is 5.96. The third kappa shape index (κ3) is 5.65. The standard InChI is InChI=1S/C31H33N3O6S/c1-19-8-4-7-11-28(19)41(38,39)33-30(35)22-13-12-21(27(17-22)40-3)16-25-24-18-23(32-31(36)37)14-15-26(24)34(2)29(25)20-9-5-6-10-20/h4,7-8,11-15,17-18,20,32H,5-6,9-10,16H2,1-3H3,(H,33,35)(H,36,37)/p-1. The van der Waals surface area contributed by atoms with Crippen molar-refractivity contribution in [3.8, 4) is 5.75 Å². The third-order valence-electron chi connectivity index (χ3n) is 7.87. The van der Waals surface area contributed by atoms with Crippen molar-refractivity contribution < 1.29 is 27.9 Å². The summed E-state index contributed by atoms with van der Waals surface area (Å²) in [5.41, 5.74) is 5.18. The van der Waals surface area contributed by atoms with Crippen molar-refractivity contribution in [2.45, 2.75) is 49.8 Å². The van der Waals surface area contributed by atoms with Gasteiger partial charge in [-0.15, -0.1) is 0 Å². The largest absolute Gasteiger partial charge is 0.530 e. The Kier molecular flexibility index (Phi) is 7.77. The summed E-state index contributed by atoms with van der Waals surface area (Å²) in [5, 5.41) is 14.5. The third-order valence-corrected chi connectivity index (χ3v) is 9.36. The summed E-state index contributed by atoms with van der Waals surface area (Å²) in [6.45, 7) is 1.67. The highest BCUT2D eigenvalue weighted by Crippen LogP contribution is 2.41. The molecule has 1 fully saturated rings. The van der Waals surface area contributed by atoms with E-state index in [-0.39, 0.29) is 10.5 Å². The zero-order chi connectivity index (χ0) is 29.3. The van der Waals surface area contributed by atoms with Gasteiger partial charge in [-0.1, -0.05) is 37.1 Å². The first kappa shape index (κ1) is 28.2. The van der Waals surface area contributed by atoms with Gasteiger partial charge in [0.1, 0.15) is 11.8 Å². The molecule has 2 N–H and O–H groups in total. The molecule has 0 saturated heterocycles. The number of carbonyl (C=O) groups is 2. The molecule has 1 aliphatic carbocycles. The number of nitrogens with zero attached hydrogens (tertiary/aromatic N) is 1. The molecule has 1 aromatic heterocycles. The van der Waals surface area contributed by atoms with Crippen LogP contribution in [-0.2, 0) is 23.5 Å². The van der Waals surface area contributed by atoms with E-state index in [2.05, 4.69) is 14.6 Å². The average molecular weight is 575 g/mol. The summed E-state index contributed by atoms with van der Waals surface area (Å²) < 4.78 is 35.8. The van der Waals surface area contributed by atoms with Crippen molar-refractivity contribution >= 4 is 38.6 Å². The number of fused-ring (bicyclic) bond motifs is 1. The number of benzene rings is 3. The number of hydrogen-bond donors (Lipinski definition) is 2. The second kappa shape index (κ2) is 11.3. The molecule has 214 valence electrons. The lowest BCUT2D eigenvalue weighted by Crippen LogP contribution is -2.31. The smallest absolute Gasteiger partial charge is 0.265 e. The molecular formula is C31H32N3O6S-. The van der Waals surface area contributed by atoms with E-state index in [4.69, 9.17) is 4.74 Å². The van der Waals surface area contributed by atoms with Gasteiger partial charge < -0.3 is 24.5 Å². The van der Waals surface area contributed by atoms with Gasteiger partial charge in [0.2, 0.25) is 0 Å². The van der Waals surface area contributed by atoms with Crippen molar-refractivity contribution in [3.63, 3.8) is 0 Å². The highest BCUT2D eigenvalue weighted by atomic mass is 32.2. The fourth-order valence-corrected chi connectivity index (χ4v) is 7.18. The first-order valence-electron chi connectivity index (χ1n) is 13.5. The monoisotopic (exact) mass is 574 g/mol. The van der Waals surface area contributed by atoms with Crippen LogP contribution in [0.4, 0.5) is 10.5 Å². The van der Waals surface area contributed by atoms with Gasteiger partial charge in [-0.3, -0.25) is 4.79 Å². The first-order chi connectivity index (χ1) is 19.6. The number of rotatable bonds is 8. The first-order valence-corrected chi connectivity index (χ1v) is 15.0. The normalized spacial score (nSPS) is 13.8. The minimum atomic E-state index is -4.06. The van der Waals surface area contributed by atoms with Crippen LogP contribution in [0.3, 0.4) is 0 Å². The Bertz CT molecular complexity index is 1750. The molecule has 5 rings (SSSR count). The number of carbonyl (C=O) groups excluding carboxylic acids is 2. The zero-order valence-corrected chi connectivity index (χ0v) is 24.0. The van der Waals surface area contributed by atoms with Crippen LogP contribution in [0.1, 0.15) is 64.3 Å². The Balaban J connectivity index is 1.51. The van der Waals surface area contributed by atoms with Crippen LogP contribution in [0.2, 0.25) is 0 Å². The van der Waals surface area contributed by atoms with Crippen molar-refractivity contribution in [3.05, 3.63) is 88.6 Å². The Labute approximate surface area is 239 Å². The number of anilines is 1. The van der Waals surface area contributed by atoms with Crippen molar-refractivity contribution in [1.82, 2.24) is 9.29 Å². The second-order valence-corrected chi connectivity index (χ2v) is 12.1. The molecule has 3 aromatic carbocycles. The van der Waals surface area contributed by atoms with Gasteiger partial charge in [-0.25, -0.2) is 13.1 Å². The zero-order valence-electron chi connectivity index (χ0n) is 23.2. The Hall–Kier alpha value is -4.31. The molecule has 0 aliphatic heterocycles. The molecule has 10 heteroatoms. The lowest BCUT2D eigenvalue weighted by Gasteiger charge is -2.16. The van der Waals surface area contributed by atoms with Crippen LogP contribution in [-0.4, -0.2) is 32.1 Å². The maximum atomic E-state index is 13.0. The number of carboxylic acid groups (broad SMARTS) is 1. The summed E-state index contributed by atoms with van der Waals surface area (Å²) in [4.78, 5) is 24.2. The predicted octanol–water partition coefficient (Wildman–Crippen LogP) is 4.62. The minimum absolute atomic E-state index is 0.0415. The van der Waals surface area contributed by atoms with Crippen LogP contribution in [0.15, 0.2) is 65.6 Å². The van der Waals surface area contributed by atoms with E-state index < -0.39 is 22.0 Å². The summed E-state index contributed by atoms with van der Waals surface area (Å²) in [6.07, 6.45) is 3.56.